The van der Waals surface area contributed by atoms with Crippen molar-refractivity contribution in [1.82, 2.24) is 5.32 Å². The molecule has 0 saturated heterocycles. The molecule has 0 bridgehead atoms. The SMILES string of the molecule is CC(C)Oc1cc(Br)ccc1C(=O)NCC(=O)O. The lowest BCUT2D eigenvalue weighted by Crippen LogP contribution is -2.29. The van der Waals surface area contributed by atoms with Crippen LogP contribution in [0, 0.1) is 0 Å². The van der Waals surface area contributed by atoms with Crippen LogP contribution in [0.2, 0.25) is 0 Å². The smallest absolute Gasteiger partial charge is 0.322 e. The summed E-state index contributed by atoms with van der Waals surface area (Å²) in [6.07, 6.45) is -0.0784. The van der Waals surface area contributed by atoms with Crippen LogP contribution in [0.5, 0.6) is 5.75 Å². The average Bonchev–Trinajstić information content (AvgIpc) is 2.25. The number of amides is 1. The van der Waals surface area contributed by atoms with E-state index in [2.05, 4.69) is 21.2 Å². The Kier molecular flexibility index (Phi) is 5.15. The Hall–Kier alpha value is -1.56. The molecule has 98 valence electrons. The minimum absolute atomic E-state index is 0.0784. The predicted octanol–water partition coefficient (Wildman–Crippen LogP) is 2.05. The molecule has 18 heavy (non-hydrogen) atoms. The maximum Gasteiger partial charge on any atom is 0.322 e. The zero-order chi connectivity index (χ0) is 13.7. The summed E-state index contributed by atoms with van der Waals surface area (Å²) < 4.78 is 6.30. The van der Waals surface area contributed by atoms with Crippen molar-refractivity contribution in [2.75, 3.05) is 6.54 Å². The van der Waals surface area contributed by atoms with Crippen LogP contribution in [-0.4, -0.2) is 29.6 Å². The third-order valence-corrected chi connectivity index (χ3v) is 2.44. The van der Waals surface area contributed by atoms with Crippen LogP contribution in [0.4, 0.5) is 0 Å². The van der Waals surface area contributed by atoms with E-state index in [1.54, 1.807) is 18.2 Å². The van der Waals surface area contributed by atoms with Crippen LogP contribution in [0.3, 0.4) is 0 Å². The van der Waals surface area contributed by atoms with Crippen molar-refractivity contribution in [2.24, 2.45) is 0 Å². The summed E-state index contributed by atoms with van der Waals surface area (Å²) in [6, 6.07) is 4.96. The van der Waals surface area contributed by atoms with Crippen molar-refractivity contribution in [3.05, 3.63) is 28.2 Å². The zero-order valence-corrected chi connectivity index (χ0v) is 11.7. The molecule has 0 aliphatic carbocycles. The van der Waals surface area contributed by atoms with Gasteiger partial charge in [0.25, 0.3) is 5.91 Å². The van der Waals surface area contributed by atoms with E-state index in [-0.39, 0.29) is 6.10 Å². The third kappa shape index (κ3) is 4.37. The Bertz CT molecular complexity index is 459. The number of carbonyl (C=O) groups excluding carboxylic acids is 1. The number of carbonyl (C=O) groups is 2. The Balaban J connectivity index is 2.92. The Morgan fingerprint density at radius 1 is 1.44 bits per heavy atom. The maximum atomic E-state index is 11.8. The second-order valence-electron chi connectivity index (χ2n) is 3.88. The summed E-state index contributed by atoms with van der Waals surface area (Å²) in [6.45, 7) is 3.27. The molecule has 0 spiro atoms. The Morgan fingerprint density at radius 2 is 2.11 bits per heavy atom. The highest BCUT2D eigenvalue weighted by Crippen LogP contribution is 2.24. The number of hydrogen-bond acceptors (Lipinski definition) is 3. The summed E-state index contributed by atoms with van der Waals surface area (Å²) in [5.41, 5.74) is 0.313. The number of nitrogens with one attached hydrogen (secondary N) is 1. The molecule has 2 N–H and O–H groups in total. The fourth-order valence-corrected chi connectivity index (χ4v) is 1.63. The summed E-state index contributed by atoms with van der Waals surface area (Å²) >= 11 is 3.29. The van der Waals surface area contributed by atoms with E-state index < -0.39 is 18.4 Å². The van der Waals surface area contributed by atoms with Gasteiger partial charge in [0.1, 0.15) is 12.3 Å². The quantitative estimate of drug-likeness (QED) is 0.872. The number of aliphatic carboxylic acids is 1. The normalized spacial score (nSPS) is 10.2. The fraction of sp³-hybridized carbons (Fsp3) is 0.333. The molecule has 0 heterocycles. The monoisotopic (exact) mass is 315 g/mol. The number of hydrogen-bond donors (Lipinski definition) is 2. The van der Waals surface area contributed by atoms with Crippen molar-refractivity contribution >= 4 is 27.8 Å². The standard InChI is InChI=1S/C12H14BrNO4/c1-7(2)18-10-5-8(13)3-4-9(10)12(17)14-6-11(15)16/h3-5,7H,6H2,1-2H3,(H,14,17)(H,15,16). The molecule has 0 atom stereocenters. The van der Waals surface area contributed by atoms with Gasteiger partial charge >= 0.3 is 5.97 Å². The summed E-state index contributed by atoms with van der Waals surface area (Å²) in [5.74, 6) is -1.14. The molecule has 6 heteroatoms. The number of carboxylic acids is 1. The molecule has 1 rings (SSSR count). The fourth-order valence-electron chi connectivity index (χ4n) is 1.29. The molecular formula is C12H14BrNO4. The van der Waals surface area contributed by atoms with E-state index >= 15 is 0 Å². The minimum atomic E-state index is -1.09. The van der Waals surface area contributed by atoms with Crippen LogP contribution in [-0.2, 0) is 4.79 Å². The van der Waals surface area contributed by atoms with Gasteiger partial charge in [-0.2, -0.15) is 0 Å². The van der Waals surface area contributed by atoms with Gasteiger partial charge in [0, 0.05) is 4.47 Å². The maximum absolute atomic E-state index is 11.8. The zero-order valence-electron chi connectivity index (χ0n) is 10.1. The van der Waals surface area contributed by atoms with Crippen LogP contribution < -0.4 is 10.1 Å². The van der Waals surface area contributed by atoms with Crippen LogP contribution in [0.1, 0.15) is 24.2 Å². The molecule has 0 radical (unpaired) electrons. The van der Waals surface area contributed by atoms with Gasteiger partial charge in [-0.05, 0) is 32.0 Å². The van der Waals surface area contributed by atoms with Crippen LogP contribution in [0.15, 0.2) is 22.7 Å². The molecule has 1 amide bonds. The first kappa shape index (κ1) is 14.5. The Morgan fingerprint density at radius 3 is 2.67 bits per heavy atom. The molecule has 1 aromatic carbocycles. The van der Waals surface area contributed by atoms with Crippen molar-refractivity contribution in [1.29, 1.82) is 0 Å². The van der Waals surface area contributed by atoms with Gasteiger partial charge in [-0.3, -0.25) is 9.59 Å². The molecule has 0 saturated carbocycles. The van der Waals surface area contributed by atoms with E-state index in [9.17, 15) is 9.59 Å². The van der Waals surface area contributed by atoms with Gasteiger partial charge in [-0.15, -0.1) is 0 Å². The van der Waals surface area contributed by atoms with E-state index in [1.165, 1.54) is 0 Å². The third-order valence-electron chi connectivity index (χ3n) is 1.95. The molecule has 0 aliphatic heterocycles. The van der Waals surface area contributed by atoms with Gasteiger partial charge in [0.2, 0.25) is 0 Å². The topological polar surface area (TPSA) is 75.6 Å². The first-order valence-electron chi connectivity index (χ1n) is 5.36. The highest BCUT2D eigenvalue weighted by molar-refractivity contribution is 9.10. The molecule has 1 aromatic rings. The number of halogens is 1. The second kappa shape index (κ2) is 6.39. The van der Waals surface area contributed by atoms with E-state index in [1.807, 2.05) is 13.8 Å². The number of ether oxygens (including phenoxy) is 1. The van der Waals surface area contributed by atoms with Gasteiger partial charge in [0.15, 0.2) is 0 Å². The minimum Gasteiger partial charge on any atom is -0.490 e. The van der Waals surface area contributed by atoms with Crippen molar-refractivity contribution < 1.29 is 19.4 Å². The first-order chi connectivity index (χ1) is 8.40. The number of carboxylic acid groups (broad SMARTS) is 1. The predicted molar refractivity (Wildman–Crippen MR) is 69.9 cm³/mol. The van der Waals surface area contributed by atoms with Crippen LogP contribution in [0.25, 0.3) is 0 Å². The molecular weight excluding hydrogens is 302 g/mol. The summed E-state index contributed by atoms with van der Waals surface area (Å²) in [4.78, 5) is 22.2. The van der Waals surface area contributed by atoms with Gasteiger partial charge < -0.3 is 15.2 Å². The summed E-state index contributed by atoms with van der Waals surface area (Å²) in [5, 5.41) is 10.8. The molecule has 0 aliphatic rings. The van der Waals surface area contributed by atoms with E-state index in [0.717, 1.165) is 4.47 Å². The van der Waals surface area contributed by atoms with Gasteiger partial charge in [-0.1, -0.05) is 15.9 Å². The highest BCUT2D eigenvalue weighted by atomic mass is 79.9. The molecule has 0 aromatic heterocycles. The number of benzene rings is 1. The van der Waals surface area contributed by atoms with Crippen LogP contribution >= 0.6 is 15.9 Å². The van der Waals surface area contributed by atoms with Gasteiger partial charge in [0.05, 0.1) is 11.7 Å². The largest absolute Gasteiger partial charge is 0.490 e. The molecule has 0 fully saturated rings. The molecule has 0 unspecified atom stereocenters. The summed E-state index contributed by atoms with van der Waals surface area (Å²) in [7, 11) is 0. The lowest BCUT2D eigenvalue weighted by atomic mass is 10.2. The average molecular weight is 316 g/mol. The van der Waals surface area contributed by atoms with Crippen molar-refractivity contribution in [2.45, 2.75) is 20.0 Å². The second-order valence-corrected chi connectivity index (χ2v) is 4.80. The van der Waals surface area contributed by atoms with E-state index in [4.69, 9.17) is 9.84 Å². The van der Waals surface area contributed by atoms with E-state index in [0.29, 0.717) is 11.3 Å². The molecule has 5 nitrogen and oxygen atoms in total. The first-order valence-corrected chi connectivity index (χ1v) is 6.15. The lowest BCUT2D eigenvalue weighted by molar-refractivity contribution is -0.135. The Labute approximate surface area is 113 Å². The van der Waals surface area contributed by atoms with Gasteiger partial charge in [-0.25, -0.2) is 0 Å². The highest BCUT2D eigenvalue weighted by Gasteiger charge is 2.14. The van der Waals surface area contributed by atoms with Crippen molar-refractivity contribution in [3.63, 3.8) is 0 Å². The van der Waals surface area contributed by atoms with Crippen molar-refractivity contribution in [3.8, 4) is 5.75 Å². The lowest BCUT2D eigenvalue weighted by Gasteiger charge is -2.14. The number of rotatable bonds is 5.